The number of aromatic nitrogens is 1. The number of benzene rings is 2. The van der Waals surface area contributed by atoms with Crippen molar-refractivity contribution in [3.63, 3.8) is 0 Å². The van der Waals surface area contributed by atoms with E-state index in [2.05, 4.69) is 5.32 Å². The maximum Gasteiger partial charge on any atom is 0.326 e. The van der Waals surface area contributed by atoms with Gasteiger partial charge in [0.2, 0.25) is 5.91 Å². The van der Waals surface area contributed by atoms with Gasteiger partial charge in [0.05, 0.1) is 4.92 Å². The Morgan fingerprint density at radius 2 is 1.89 bits per heavy atom. The van der Waals surface area contributed by atoms with Gasteiger partial charge >= 0.3 is 5.97 Å². The third kappa shape index (κ3) is 4.30. The number of carbonyl (C=O) groups is 2. The molecular weight excluding hydrogens is 350 g/mol. The first kappa shape index (κ1) is 18.1. The van der Waals surface area contributed by atoms with E-state index in [4.69, 9.17) is 0 Å². The number of carboxylic acids is 1. The molecule has 138 valence electrons. The fourth-order valence-electron chi connectivity index (χ4n) is 2.88. The van der Waals surface area contributed by atoms with E-state index in [0.29, 0.717) is 10.9 Å². The first-order chi connectivity index (χ1) is 12.9. The molecule has 1 aromatic heterocycles. The van der Waals surface area contributed by atoms with E-state index in [1.165, 1.54) is 12.1 Å². The summed E-state index contributed by atoms with van der Waals surface area (Å²) in [5.41, 5.74) is 1.44. The van der Waals surface area contributed by atoms with Crippen LogP contribution in [-0.2, 0) is 22.6 Å². The highest BCUT2D eigenvalue weighted by Crippen LogP contribution is 2.21. The Kier molecular flexibility index (Phi) is 5.16. The van der Waals surface area contributed by atoms with Gasteiger partial charge in [-0.2, -0.15) is 0 Å². The van der Waals surface area contributed by atoms with E-state index in [-0.39, 0.29) is 18.7 Å². The van der Waals surface area contributed by atoms with Crippen molar-refractivity contribution in [3.05, 3.63) is 76.5 Å². The maximum atomic E-state index is 12.3. The lowest BCUT2D eigenvalue weighted by Crippen LogP contribution is -2.43. The molecule has 0 aliphatic rings. The molecule has 8 nitrogen and oxygen atoms in total. The molecule has 0 saturated carbocycles. The molecule has 2 N–H and O–H groups in total. The average molecular weight is 367 g/mol. The van der Waals surface area contributed by atoms with Crippen molar-refractivity contribution in [2.75, 3.05) is 0 Å². The van der Waals surface area contributed by atoms with Crippen LogP contribution in [0.4, 0.5) is 5.69 Å². The van der Waals surface area contributed by atoms with Crippen molar-refractivity contribution >= 4 is 28.5 Å². The van der Waals surface area contributed by atoms with E-state index >= 15 is 0 Å². The second kappa shape index (κ2) is 7.69. The number of amides is 1. The highest BCUT2D eigenvalue weighted by Gasteiger charge is 2.21. The van der Waals surface area contributed by atoms with Crippen LogP contribution in [0.3, 0.4) is 0 Å². The second-order valence-corrected chi connectivity index (χ2v) is 6.09. The Hall–Kier alpha value is -3.68. The van der Waals surface area contributed by atoms with Gasteiger partial charge in [0.1, 0.15) is 12.6 Å². The van der Waals surface area contributed by atoms with Crippen molar-refractivity contribution < 1.29 is 19.6 Å². The number of nitrogens with one attached hydrogen (secondary N) is 1. The van der Waals surface area contributed by atoms with Crippen LogP contribution in [0.25, 0.3) is 10.9 Å². The minimum atomic E-state index is -1.11. The molecule has 0 aliphatic heterocycles. The van der Waals surface area contributed by atoms with Gasteiger partial charge < -0.3 is 15.0 Å². The Balaban J connectivity index is 1.71. The molecule has 0 aliphatic carbocycles. The zero-order chi connectivity index (χ0) is 19.4. The summed E-state index contributed by atoms with van der Waals surface area (Å²) in [6, 6.07) is 14.0. The summed E-state index contributed by atoms with van der Waals surface area (Å²) in [6.45, 7) is -0.0835. The summed E-state index contributed by atoms with van der Waals surface area (Å²) in [5, 5.41) is 23.4. The standard InChI is InChI=1S/C19H17N3O5/c23-18(20-16(19(24)25)10-13-4-2-1-3-5-13)12-21-9-8-14-11-15(22(26)27)6-7-17(14)21/h1-9,11,16H,10,12H2,(H,20,23)(H,24,25)/t16-/m0/s1. The summed E-state index contributed by atoms with van der Waals surface area (Å²) in [6.07, 6.45) is 1.82. The van der Waals surface area contributed by atoms with Crippen LogP contribution >= 0.6 is 0 Å². The fourth-order valence-corrected chi connectivity index (χ4v) is 2.88. The Morgan fingerprint density at radius 1 is 1.15 bits per heavy atom. The van der Waals surface area contributed by atoms with Gasteiger partial charge in [-0.05, 0) is 17.7 Å². The van der Waals surface area contributed by atoms with Gasteiger partial charge in [-0.25, -0.2) is 4.79 Å². The lowest BCUT2D eigenvalue weighted by atomic mass is 10.1. The van der Waals surface area contributed by atoms with E-state index in [0.717, 1.165) is 5.56 Å². The van der Waals surface area contributed by atoms with Crippen LogP contribution in [0.5, 0.6) is 0 Å². The number of carbonyl (C=O) groups excluding carboxylic acids is 1. The zero-order valence-electron chi connectivity index (χ0n) is 14.2. The molecule has 1 amide bonds. The molecule has 3 rings (SSSR count). The minimum absolute atomic E-state index is 0.0292. The molecule has 0 saturated heterocycles. The monoisotopic (exact) mass is 367 g/mol. The molecule has 8 heteroatoms. The number of nitro groups is 1. The van der Waals surface area contributed by atoms with Crippen LogP contribution in [0.2, 0.25) is 0 Å². The number of nitro benzene ring substituents is 1. The molecule has 1 heterocycles. The first-order valence-corrected chi connectivity index (χ1v) is 8.23. The number of rotatable bonds is 7. The van der Waals surface area contributed by atoms with Crippen LogP contribution in [0.1, 0.15) is 5.56 Å². The number of hydrogen-bond donors (Lipinski definition) is 2. The molecule has 0 spiro atoms. The van der Waals surface area contributed by atoms with Crippen LogP contribution in [0, 0.1) is 10.1 Å². The van der Waals surface area contributed by atoms with Crippen LogP contribution in [-0.4, -0.2) is 32.5 Å². The van der Waals surface area contributed by atoms with Crippen molar-refractivity contribution in [2.45, 2.75) is 19.0 Å². The first-order valence-electron chi connectivity index (χ1n) is 8.23. The van der Waals surface area contributed by atoms with Crippen molar-refractivity contribution in [2.24, 2.45) is 0 Å². The van der Waals surface area contributed by atoms with Gasteiger partial charge in [-0.3, -0.25) is 14.9 Å². The zero-order valence-corrected chi connectivity index (χ0v) is 14.2. The number of fused-ring (bicyclic) bond motifs is 1. The molecule has 27 heavy (non-hydrogen) atoms. The van der Waals surface area contributed by atoms with Gasteiger partial charge in [0.25, 0.3) is 5.69 Å². The predicted octanol–water partition coefficient (Wildman–Crippen LogP) is 2.36. The van der Waals surface area contributed by atoms with Crippen molar-refractivity contribution in [3.8, 4) is 0 Å². The van der Waals surface area contributed by atoms with E-state index < -0.39 is 22.8 Å². The summed E-state index contributed by atoms with van der Waals surface area (Å²) in [4.78, 5) is 34.2. The third-order valence-corrected chi connectivity index (χ3v) is 4.20. The molecule has 3 aromatic rings. The van der Waals surface area contributed by atoms with Gasteiger partial charge in [0, 0.05) is 35.7 Å². The summed E-state index contributed by atoms with van der Waals surface area (Å²) in [5.74, 6) is -1.56. The smallest absolute Gasteiger partial charge is 0.326 e. The minimum Gasteiger partial charge on any atom is -0.480 e. The molecule has 0 unspecified atom stereocenters. The number of non-ortho nitro benzene ring substituents is 1. The molecule has 2 aromatic carbocycles. The Bertz CT molecular complexity index is 997. The summed E-state index contributed by atoms with van der Waals surface area (Å²) < 4.78 is 1.62. The van der Waals surface area contributed by atoms with Gasteiger partial charge in [0.15, 0.2) is 0 Å². The second-order valence-electron chi connectivity index (χ2n) is 6.09. The highest BCUT2D eigenvalue weighted by atomic mass is 16.6. The van der Waals surface area contributed by atoms with Crippen molar-refractivity contribution in [1.82, 2.24) is 9.88 Å². The fraction of sp³-hybridized carbons (Fsp3) is 0.158. The summed E-state index contributed by atoms with van der Waals surface area (Å²) >= 11 is 0. The van der Waals surface area contributed by atoms with Gasteiger partial charge in [-0.15, -0.1) is 0 Å². The highest BCUT2D eigenvalue weighted by molar-refractivity contribution is 5.87. The number of carboxylic acid groups (broad SMARTS) is 1. The van der Waals surface area contributed by atoms with Crippen LogP contribution in [0.15, 0.2) is 60.8 Å². The number of aliphatic carboxylic acids is 1. The van der Waals surface area contributed by atoms with E-state index in [9.17, 15) is 24.8 Å². The quantitative estimate of drug-likeness (QED) is 0.491. The largest absolute Gasteiger partial charge is 0.480 e. The lowest BCUT2D eigenvalue weighted by molar-refractivity contribution is -0.384. The number of hydrogen-bond acceptors (Lipinski definition) is 4. The topological polar surface area (TPSA) is 114 Å². The molecule has 0 fully saturated rings. The van der Waals surface area contributed by atoms with E-state index in [1.54, 1.807) is 47.2 Å². The molecule has 1 atom stereocenters. The van der Waals surface area contributed by atoms with Gasteiger partial charge in [-0.1, -0.05) is 30.3 Å². The number of nitrogens with zero attached hydrogens (tertiary/aromatic N) is 2. The summed E-state index contributed by atoms with van der Waals surface area (Å²) in [7, 11) is 0. The molecule has 0 bridgehead atoms. The molecular formula is C19H17N3O5. The predicted molar refractivity (Wildman–Crippen MR) is 98.3 cm³/mol. The van der Waals surface area contributed by atoms with E-state index in [1.807, 2.05) is 6.07 Å². The SMILES string of the molecule is O=C(Cn1ccc2cc([N+](=O)[O-])ccc21)N[C@@H](Cc1ccccc1)C(=O)O. The third-order valence-electron chi connectivity index (χ3n) is 4.20. The maximum absolute atomic E-state index is 12.3. The van der Waals surface area contributed by atoms with Crippen LogP contribution < -0.4 is 5.32 Å². The Morgan fingerprint density at radius 3 is 2.56 bits per heavy atom. The Labute approximate surface area is 154 Å². The van der Waals surface area contributed by atoms with Crippen molar-refractivity contribution in [1.29, 1.82) is 0 Å². The lowest BCUT2D eigenvalue weighted by Gasteiger charge is -2.15. The molecule has 0 radical (unpaired) electrons. The average Bonchev–Trinajstić information content (AvgIpc) is 3.04. The normalized spacial score (nSPS) is 11.9.